The molecule has 4 heteroatoms. The van der Waals surface area contributed by atoms with Crippen LogP contribution >= 0.6 is 0 Å². The van der Waals surface area contributed by atoms with Gasteiger partial charge in [-0.1, -0.05) is 12.1 Å². The minimum atomic E-state index is 0. The van der Waals surface area contributed by atoms with Crippen LogP contribution in [0.15, 0.2) is 24.3 Å². The Bertz CT molecular complexity index is 225. The molecule has 0 saturated carbocycles. The van der Waals surface area contributed by atoms with E-state index in [-0.39, 0.29) is 35.3 Å². The van der Waals surface area contributed by atoms with Gasteiger partial charge in [0, 0.05) is 0 Å². The largest absolute Gasteiger partial charge is 1.00 e. The SMILES string of the molecule is C[O-].O=Cc1ccccc1O.[Na+]. The van der Waals surface area contributed by atoms with Gasteiger partial charge in [-0.05, 0) is 12.1 Å². The van der Waals surface area contributed by atoms with Crippen LogP contribution in [0.25, 0.3) is 0 Å². The van der Waals surface area contributed by atoms with E-state index in [2.05, 4.69) is 0 Å². The zero-order valence-corrected chi connectivity index (χ0v) is 9.15. The molecule has 12 heavy (non-hydrogen) atoms. The number of phenolic OH excluding ortho intramolecular Hbond substituents is 1. The normalized spacial score (nSPS) is 7.17. The summed E-state index contributed by atoms with van der Waals surface area (Å²) >= 11 is 0. The first-order chi connectivity index (χ1) is 5.34. The van der Waals surface area contributed by atoms with E-state index in [9.17, 15) is 4.79 Å². The molecule has 0 spiro atoms. The molecule has 0 unspecified atom stereocenters. The molecule has 1 aromatic carbocycles. The second kappa shape index (κ2) is 8.74. The number of benzene rings is 1. The Hall–Kier alpha value is -0.350. The first kappa shape index (κ1) is 14.2. The van der Waals surface area contributed by atoms with Gasteiger partial charge in [-0.15, -0.1) is 0 Å². The third kappa shape index (κ3) is 4.51. The van der Waals surface area contributed by atoms with E-state index in [1.807, 2.05) is 0 Å². The zero-order chi connectivity index (χ0) is 8.69. The van der Waals surface area contributed by atoms with Crippen LogP contribution in [0.3, 0.4) is 0 Å². The summed E-state index contributed by atoms with van der Waals surface area (Å²) in [5, 5.41) is 17.1. The monoisotopic (exact) mass is 176 g/mol. The Kier molecular flexibility index (Phi) is 10.3. The molecule has 0 atom stereocenters. The van der Waals surface area contributed by atoms with E-state index < -0.39 is 0 Å². The molecule has 0 radical (unpaired) electrons. The van der Waals surface area contributed by atoms with Gasteiger partial charge < -0.3 is 10.2 Å². The maximum absolute atomic E-state index is 10.1. The van der Waals surface area contributed by atoms with Crippen molar-refractivity contribution in [3.63, 3.8) is 0 Å². The molecule has 0 aliphatic carbocycles. The van der Waals surface area contributed by atoms with Crippen LogP contribution in [0.1, 0.15) is 10.4 Å². The van der Waals surface area contributed by atoms with E-state index in [1.54, 1.807) is 18.2 Å². The maximum atomic E-state index is 10.1. The predicted molar refractivity (Wildman–Crippen MR) is 39.4 cm³/mol. The molecule has 0 aliphatic heterocycles. The molecule has 3 nitrogen and oxygen atoms in total. The fraction of sp³-hybridized carbons (Fsp3) is 0.125. The van der Waals surface area contributed by atoms with Gasteiger partial charge in [0.15, 0.2) is 6.29 Å². The number of rotatable bonds is 1. The summed E-state index contributed by atoms with van der Waals surface area (Å²) in [5.41, 5.74) is 0.331. The Labute approximate surface area is 93.3 Å². The summed E-state index contributed by atoms with van der Waals surface area (Å²) in [6.07, 6.45) is 0.620. The van der Waals surface area contributed by atoms with Crippen LogP contribution in [0.5, 0.6) is 5.75 Å². The smallest absolute Gasteiger partial charge is 0.857 e. The van der Waals surface area contributed by atoms with E-state index in [0.29, 0.717) is 11.8 Å². The Morgan fingerprint density at radius 3 is 2.17 bits per heavy atom. The van der Waals surface area contributed by atoms with Gasteiger partial charge in [-0.2, -0.15) is 7.11 Å². The van der Waals surface area contributed by atoms with Crippen molar-refractivity contribution in [2.75, 3.05) is 7.11 Å². The summed E-state index contributed by atoms with van der Waals surface area (Å²) < 4.78 is 0. The number of phenols is 1. The molecule has 0 aliphatic rings. The van der Waals surface area contributed by atoms with Crippen LogP contribution < -0.4 is 34.7 Å². The number of para-hydroxylation sites is 1. The Morgan fingerprint density at radius 2 is 1.83 bits per heavy atom. The third-order valence-corrected chi connectivity index (χ3v) is 1.06. The van der Waals surface area contributed by atoms with Crippen molar-refractivity contribution in [1.29, 1.82) is 0 Å². The minimum absolute atomic E-state index is 0. The molecule has 0 amide bonds. The van der Waals surface area contributed by atoms with Crippen molar-refractivity contribution >= 4 is 6.29 Å². The molecule has 1 N–H and O–H groups in total. The minimum Gasteiger partial charge on any atom is -0.857 e. The second-order valence-electron chi connectivity index (χ2n) is 1.68. The fourth-order valence-corrected chi connectivity index (χ4v) is 0.587. The van der Waals surface area contributed by atoms with Gasteiger partial charge in [0.1, 0.15) is 5.75 Å². The van der Waals surface area contributed by atoms with Crippen molar-refractivity contribution in [3.05, 3.63) is 29.8 Å². The number of carbonyl (C=O) groups is 1. The van der Waals surface area contributed by atoms with Crippen molar-refractivity contribution in [3.8, 4) is 5.75 Å². The summed E-state index contributed by atoms with van der Waals surface area (Å²) in [6.45, 7) is 0. The van der Waals surface area contributed by atoms with Crippen LogP contribution in [0.2, 0.25) is 0 Å². The molecule has 60 valence electrons. The van der Waals surface area contributed by atoms with Crippen molar-refractivity contribution in [2.24, 2.45) is 0 Å². The zero-order valence-electron chi connectivity index (χ0n) is 7.15. The van der Waals surface area contributed by atoms with Crippen LogP contribution in [-0.2, 0) is 0 Å². The topological polar surface area (TPSA) is 60.4 Å². The number of hydrogen-bond acceptors (Lipinski definition) is 3. The number of hydrogen-bond donors (Lipinski definition) is 1. The van der Waals surface area contributed by atoms with Gasteiger partial charge in [0.25, 0.3) is 0 Å². The van der Waals surface area contributed by atoms with Crippen molar-refractivity contribution < 1.29 is 44.6 Å². The third-order valence-electron chi connectivity index (χ3n) is 1.06. The Morgan fingerprint density at radius 1 is 1.33 bits per heavy atom. The van der Waals surface area contributed by atoms with Crippen LogP contribution in [0.4, 0.5) is 0 Å². The first-order valence-electron chi connectivity index (χ1n) is 2.98. The van der Waals surface area contributed by atoms with Crippen molar-refractivity contribution in [1.82, 2.24) is 0 Å². The molecular formula is C8H9NaO3. The Balaban J connectivity index is 0. The van der Waals surface area contributed by atoms with Gasteiger partial charge in [0.2, 0.25) is 0 Å². The van der Waals surface area contributed by atoms with Gasteiger partial charge in [0.05, 0.1) is 5.56 Å². The number of aromatic hydroxyl groups is 1. The first-order valence-corrected chi connectivity index (χ1v) is 2.98. The number of carbonyl (C=O) groups excluding carboxylic acids is 1. The fourth-order valence-electron chi connectivity index (χ4n) is 0.587. The maximum Gasteiger partial charge on any atom is 1.00 e. The van der Waals surface area contributed by atoms with E-state index in [0.717, 1.165) is 7.11 Å². The molecule has 0 fully saturated rings. The molecule has 0 heterocycles. The van der Waals surface area contributed by atoms with E-state index >= 15 is 0 Å². The summed E-state index contributed by atoms with van der Waals surface area (Å²) in [6, 6.07) is 6.40. The molecule has 1 aromatic rings. The standard InChI is InChI=1S/C7H6O2.CH3O.Na/c8-5-6-3-1-2-4-7(6)9;1-2;/h1-5,9H;1H3;/q;-1;+1. The van der Waals surface area contributed by atoms with Crippen molar-refractivity contribution in [2.45, 2.75) is 0 Å². The molecule has 0 saturated heterocycles. The molecule has 0 aromatic heterocycles. The van der Waals surface area contributed by atoms with Gasteiger partial charge in [-0.25, -0.2) is 0 Å². The molecule has 0 bridgehead atoms. The quantitative estimate of drug-likeness (QED) is 0.371. The predicted octanol–water partition coefficient (Wildman–Crippen LogP) is -2.81. The molecule has 1 rings (SSSR count). The number of aldehydes is 1. The van der Waals surface area contributed by atoms with E-state index in [1.165, 1.54) is 6.07 Å². The average molecular weight is 176 g/mol. The summed E-state index contributed by atoms with van der Waals surface area (Å²) in [7, 11) is 0.750. The van der Waals surface area contributed by atoms with Crippen LogP contribution in [0, 0.1) is 0 Å². The van der Waals surface area contributed by atoms with Gasteiger partial charge in [-0.3, -0.25) is 4.79 Å². The van der Waals surface area contributed by atoms with E-state index in [4.69, 9.17) is 10.2 Å². The average Bonchev–Trinajstić information content (AvgIpc) is 2.09. The summed E-state index contributed by atoms with van der Waals surface area (Å²) in [5.74, 6) is 0.0347. The van der Waals surface area contributed by atoms with Gasteiger partial charge >= 0.3 is 29.6 Å². The van der Waals surface area contributed by atoms with Crippen LogP contribution in [-0.4, -0.2) is 18.5 Å². The second-order valence-corrected chi connectivity index (χ2v) is 1.68. The summed E-state index contributed by atoms with van der Waals surface area (Å²) in [4.78, 5) is 10.1. The molecular weight excluding hydrogens is 167 g/mol.